The number of aryl methyl sites for hydroxylation is 2. The normalized spacial score (nSPS) is 17.0. The maximum atomic E-state index is 12.7. The second kappa shape index (κ2) is 9.03. The Balaban J connectivity index is 1.36. The molecule has 1 N–H and O–H groups in total. The maximum Gasteiger partial charge on any atom is 0.243 e. The summed E-state index contributed by atoms with van der Waals surface area (Å²) >= 11 is 1.43. The van der Waals surface area contributed by atoms with Crippen molar-refractivity contribution in [2.24, 2.45) is 0 Å². The SMILES string of the molecule is Cc1nc2c(c(SCC(=O)Nc3ccc(S(=O)(=O)N4CCCCC4)cc3)n1)CCC2. The first-order valence-electron chi connectivity index (χ1n) is 10.3. The van der Waals surface area contributed by atoms with Crippen LogP contribution in [0, 0.1) is 6.92 Å². The highest BCUT2D eigenvalue weighted by Gasteiger charge is 2.25. The Hall–Kier alpha value is -1.97. The number of fused-ring (bicyclic) bond motifs is 1. The molecule has 30 heavy (non-hydrogen) atoms. The highest BCUT2D eigenvalue weighted by Crippen LogP contribution is 2.29. The Bertz CT molecular complexity index is 1030. The van der Waals surface area contributed by atoms with Gasteiger partial charge >= 0.3 is 0 Å². The molecular weight excluding hydrogens is 420 g/mol. The summed E-state index contributed by atoms with van der Waals surface area (Å²) in [5.41, 5.74) is 2.86. The predicted molar refractivity (Wildman–Crippen MR) is 117 cm³/mol. The van der Waals surface area contributed by atoms with Crippen molar-refractivity contribution in [1.82, 2.24) is 14.3 Å². The number of aromatic nitrogens is 2. The predicted octanol–water partition coefficient (Wildman–Crippen LogP) is 3.18. The lowest BCUT2D eigenvalue weighted by atomic mass is 10.2. The minimum absolute atomic E-state index is 0.144. The van der Waals surface area contributed by atoms with E-state index in [1.54, 1.807) is 28.6 Å². The third-order valence-corrected chi connectivity index (χ3v) is 8.37. The molecule has 0 bridgehead atoms. The first-order chi connectivity index (χ1) is 14.4. The zero-order valence-corrected chi connectivity index (χ0v) is 18.7. The van der Waals surface area contributed by atoms with Crippen molar-refractivity contribution >= 4 is 33.4 Å². The number of amides is 1. The van der Waals surface area contributed by atoms with Gasteiger partial charge in [-0.15, -0.1) is 0 Å². The molecule has 1 amide bonds. The Morgan fingerprint density at radius 3 is 2.53 bits per heavy atom. The van der Waals surface area contributed by atoms with E-state index >= 15 is 0 Å². The zero-order valence-electron chi connectivity index (χ0n) is 17.1. The Kier molecular flexibility index (Phi) is 6.40. The van der Waals surface area contributed by atoms with Gasteiger partial charge in [-0.05, 0) is 63.3 Å². The molecule has 0 spiro atoms. The van der Waals surface area contributed by atoms with Crippen LogP contribution < -0.4 is 5.32 Å². The smallest absolute Gasteiger partial charge is 0.243 e. The first kappa shape index (κ1) is 21.3. The van der Waals surface area contributed by atoms with Crippen LogP contribution in [0.4, 0.5) is 5.69 Å². The monoisotopic (exact) mass is 446 g/mol. The van der Waals surface area contributed by atoms with Crippen LogP contribution in [0.2, 0.25) is 0 Å². The van der Waals surface area contributed by atoms with Crippen molar-refractivity contribution in [3.8, 4) is 0 Å². The van der Waals surface area contributed by atoms with Gasteiger partial charge in [0.15, 0.2) is 0 Å². The van der Waals surface area contributed by atoms with E-state index in [2.05, 4.69) is 15.3 Å². The lowest BCUT2D eigenvalue weighted by Gasteiger charge is -2.25. The number of piperidine rings is 1. The number of rotatable bonds is 6. The van der Waals surface area contributed by atoms with E-state index in [0.717, 1.165) is 55.1 Å². The standard InChI is InChI=1S/C21H26N4O3S2/c1-15-22-19-7-5-6-18(19)21(23-15)29-14-20(26)24-16-8-10-17(11-9-16)30(27,28)25-12-3-2-4-13-25/h8-11H,2-7,12-14H2,1H3,(H,24,26). The lowest BCUT2D eigenvalue weighted by Crippen LogP contribution is -2.35. The minimum Gasteiger partial charge on any atom is -0.325 e. The lowest BCUT2D eigenvalue weighted by molar-refractivity contribution is -0.113. The number of carbonyl (C=O) groups excluding carboxylic acids is 1. The summed E-state index contributed by atoms with van der Waals surface area (Å²) in [5, 5.41) is 3.74. The van der Waals surface area contributed by atoms with E-state index in [4.69, 9.17) is 0 Å². The fourth-order valence-electron chi connectivity index (χ4n) is 3.93. The third-order valence-electron chi connectivity index (χ3n) is 5.44. The van der Waals surface area contributed by atoms with E-state index in [1.165, 1.54) is 17.3 Å². The second-order valence-electron chi connectivity index (χ2n) is 7.68. The molecule has 0 radical (unpaired) electrons. The summed E-state index contributed by atoms with van der Waals surface area (Å²) in [7, 11) is -3.46. The van der Waals surface area contributed by atoms with Gasteiger partial charge in [0, 0.05) is 30.0 Å². The third kappa shape index (κ3) is 4.68. The van der Waals surface area contributed by atoms with Gasteiger partial charge < -0.3 is 5.32 Å². The Morgan fingerprint density at radius 1 is 1.07 bits per heavy atom. The molecule has 2 aromatic rings. The Labute approximate surface area is 181 Å². The van der Waals surface area contributed by atoms with Gasteiger partial charge in [0.1, 0.15) is 10.9 Å². The van der Waals surface area contributed by atoms with Gasteiger partial charge in [-0.2, -0.15) is 4.31 Å². The van der Waals surface area contributed by atoms with E-state index in [-0.39, 0.29) is 16.6 Å². The molecule has 1 aromatic carbocycles. The quantitative estimate of drug-likeness (QED) is 0.541. The van der Waals surface area contributed by atoms with Crippen molar-refractivity contribution in [3.05, 3.63) is 41.3 Å². The van der Waals surface area contributed by atoms with Crippen LogP contribution in [0.15, 0.2) is 34.2 Å². The topological polar surface area (TPSA) is 92.3 Å². The number of thioether (sulfide) groups is 1. The van der Waals surface area contributed by atoms with Crippen LogP contribution in [0.3, 0.4) is 0 Å². The van der Waals surface area contributed by atoms with E-state index in [9.17, 15) is 13.2 Å². The van der Waals surface area contributed by atoms with Crippen LogP contribution in [0.25, 0.3) is 0 Å². The molecule has 1 fully saturated rings. The van der Waals surface area contributed by atoms with Crippen LogP contribution in [-0.4, -0.2) is 47.4 Å². The number of sulfonamides is 1. The fourth-order valence-corrected chi connectivity index (χ4v) is 6.38. The summed E-state index contributed by atoms with van der Waals surface area (Å²) in [6.45, 7) is 3.02. The highest BCUT2D eigenvalue weighted by atomic mass is 32.2. The van der Waals surface area contributed by atoms with Crippen molar-refractivity contribution in [1.29, 1.82) is 0 Å². The van der Waals surface area contributed by atoms with Crippen LogP contribution in [0.5, 0.6) is 0 Å². The number of carbonyl (C=O) groups is 1. The summed E-state index contributed by atoms with van der Waals surface area (Å²) in [6.07, 6.45) is 5.91. The van der Waals surface area contributed by atoms with Crippen LogP contribution in [-0.2, 0) is 27.7 Å². The van der Waals surface area contributed by atoms with E-state index < -0.39 is 10.0 Å². The molecule has 9 heteroatoms. The van der Waals surface area contributed by atoms with Gasteiger partial charge in [-0.1, -0.05) is 18.2 Å². The number of benzene rings is 1. The maximum absolute atomic E-state index is 12.7. The van der Waals surface area contributed by atoms with Crippen molar-refractivity contribution in [3.63, 3.8) is 0 Å². The molecule has 1 saturated heterocycles. The molecular formula is C21H26N4O3S2. The summed E-state index contributed by atoms with van der Waals surface area (Å²) in [5.74, 6) is 0.843. The van der Waals surface area contributed by atoms with Gasteiger partial charge in [0.05, 0.1) is 10.6 Å². The average Bonchev–Trinajstić information content (AvgIpc) is 3.21. The Morgan fingerprint density at radius 2 is 1.80 bits per heavy atom. The van der Waals surface area contributed by atoms with Crippen molar-refractivity contribution in [2.75, 3.05) is 24.2 Å². The highest BCUT2D eigenvalue weighted by molar-refractivity contribution is 8.00. The number of nitrogens with one attached hydrogen (secondary N) is 1. The summed E-state index contributed by atoms with van der Waals surface area (Å²) in [6, 6.07) is 6.42. The molecule has 0 saturated carbocycles. The molecule has 2 heterocycles. The molecule has 160 valence electrons. The van der Waals surface area contributed by atoms with Crippen molar-refractivity contribution < 1.29 is 13.2 Å². The van der Waals surface area contributed by atoms with Gasteiger partial charge in [-0.25, -0.2) is 18.4 Å². The molecule has 1 aliphatic carbocycles. The van der Waals surface area contributed by atoms with Gasteiger partial charge in [0.2, 0.25) is 15.9 Å². The number of hydrogen-bond acceptors (Lipinski definition) is 6. The van der Waals surface area contributed by atoms with Crippen LogP contribution in [0.1, 0.15) is 42.8 Å². The largest absolute Gasteiger partial charge is 0.325 e. The summed E-state index contributed by atoms with van der Waals surface area (Å²) < 4.78 is 27.0. The molecule has 4 rings (SSSR count). The van der Waals surface area contributed by atoms with Crippen molar-refractivity contribution in [2.45, 2.75) is 55.4 Å². The minimum atomic E-state index is -3.46. The number of nitrogens with zero attached hydrogens (tertiary/aromatic N) is 3. The average molecular weight is 447 g/mol. The number of hydrogen-bond donors (Lipinski definition) is 1. The zero-order chi connectivity index (χ0) is 21.1. The van der Waals surface area contributed by atoms with Gasteiger partial charge in [-0.3, -0.25) is 4.79 Å². The van der Waals surface area contributed by atoms with Crippen LogP contribution >= 0.6 is 11.8 Å². The molecule has 7 nitrogen and oxygen atoms in total. The molecule has 2 aliphatic rings. The second-order valence-corrected chi connectivity index (χ2v) is 10.6. The van der Waals surface area contributed by atoms with E-state index in [1.807, 2.05) is 6.92 Å². The molecule has 0 unspecified atom stereocenters. The fraction of sp³-hybridized carbons (Fsp3) is 0.476. The van der Waals surface area contributed by atoms with E-state index in [0.29, 0.717) is 18.8 Å². The summed E-state index contributed by atoms with van der Waals surface area (Å²) in [4.78, 5) is 21.7. The number of anilines is 1. The van der Waals surface area contributed by atoms with Gasteiger partial charge in [0.25, 0.3) is 0 Å². The molecule has 0 atom stereocenters. The molecule has 1 aromatic heterocycles. The first-order valence-corrected chi connectivity index (χ1v) is 12.8. The molecule has 1 aliphatic heterocycles.